The highest BCUT2D eigenvalue weighted by atomic mass is 32.2. The second-order valence-corrected chi connectivity index (χ2v) is 6.92. The number of nitrogens with one attached hydrogen (secondary N) is 1. The Hall–Kier alpha value is -1.11. The molecule has 104 valence electrons. The number of carboxylic acids is 1. The van der Waals surface area contributed by atoms with Gasteiger partial charge in [0.05, 0.1) is 23.8 Å². The van der Waals surface area contributed by atoms with Crippen LogP contribution < -0.4 is 5.32 Å². The van der Waals surface area contributed by atoms with Gasteiger partial charge in [-0.05, 0) is 12.8 Å². The Morgan fingerprint density at radius 2 is 2.11 bits per heavy atom. The number of hydrogen-bond acceptors (Lipinski definition) is 4. The van der Waals surface area contributed by atoms with Gasteiger partial charge in [0.1, 0.15) is 0 Å². The Kier molecular flexibility index (Phi) is 5.13. The predicted molar refractivity (Wildman–Crippen MR) is 65.9 cm³/mol. The molecule has 1 aliphatic heterocycles. The number of amides is 1. The Morgan fingerprint density at radius 3 is 2.56 bits per heavy atom. The Bertz CT molecular complexity index is 417. The van der Waals surface area contributed by atoms with Crippen LogP contribution in [0.15, 0.2) is 0 Å². The van der Waals surface area contributed by atoms with Crippen LogP contribution in [0, 0.1) is 5.92 Å². The zero-order valence-electron chi connectivity index (χ0n) is 10.4. The first-order valence-electron chi connectivity index (χ1n) is 6.06. The first kappa shape index (κ1) is 14.9. The van der Waals surface area contributed by atoms with Crippen molar-refractivity contribution in [2.24, 2.45) is 5.92 Å². The lowest BCUT2D eigenvalue weighted by Crippen LogP contribution is -2.40. The largest absolute Gasteiger partial charge is 0.481 e. The van der Waals surface area contributed by atoms with E-state index in [1.54, 1.807) is 0 Å². The fourth-order valence-corrected chi connectivity index (χ4v) is 3.85. The normalized spacial score (nSPS) is 23.5. The molecule has 6 nitrogen and oxygen atoms in total. The molecule has 2 atom stereocenters. The zero-order chi connectivity index (χ0) is 13.8. The van der Waals surface area contributed by atoms with Crippen LogP contribution in [0.5, 0.6) is 0 Å². The number of aliphatic carboxylic acids is 1. The molecule has 0 aromatic rings. The summed E-state index contributed by atoms with van der Waals surface area (Å²) in [5.74, 6) is -1.90. The van der Waals surface area contributed by atoms with E-state index in [0.29, 0.717) is 12.8 Å². The summed E-state index contributed by atoms with van der Waals surface area (Å²) in [6.45, 7) is 1.90. The van der Waals surface area contributed by atoms with Crippen LogP contribution in [-0.4, -0.2) is 42.9 Å². The third kappa shape index (κ3) is 4.64. The molecule has 0 aromatic heterocycles. The van der Waals surface area contributed by atoms with Crippen molar-refractivity contribution in [3.8, 4) is 0 Å². The summed E-state index contributed by atoms with van der Waals surface area (Å²) in [5, 5.41) is 11.4. The number of carboxylic acid groups (broad SMARTS) is 1. The van der Waals surface area contributed by atoms with Crippen LogP contribution in [-0.2, 0) is 19.4 Å². The van der Waals surface area contributed by atoms with E-state index in [2.05, 4.69) is 5.32 Å². The average molecular weight is 277 g/mol. The minimum Gasteiger partial charge on any atom is -0.481 e. The summed E-state index contributed by atoms with van der Waals surface area (Å²) >= 11 is 0. The molecule has 1 heterocycles. The third-order valence-corrected chi connectivity index (χ3v) is 4.78. The lowest BCUT2D eigenvalue weighted by molar-refractivity contribution is -0.137. The Labute approximate surface area is 107 Å². The van der Waals surface area contributed by atoms with Gasteiger partial charge in [0, 0.05) is 6.04 Å². The second-order valence-electron chi connectivity index (χ2n) is 4.69. The minimum atomic E-state index is -3.09. The monoisotopic (exact) mass is 277 g/mol. The summed E-state index contributed by atoms with van der Waals surface area (Å²) < 4.78 is 22.5. The van der Waals surface area contributed by atoms with Crippen LogP contribution in [0.3, 0.4) is 0 Å². The molecule has 1 fully saturated rings. The minimum absolute atomic E-state index is 0.0441. The zero-order valence-corrected chi connectivity index (χ0v) is 11.2. The fourth-order valence-electron chi connectivity index (χ4n) is 2.11. The van der Waals surface area contributed by atoms with E-state index < -0.39 is 27.8 Å². The predicted octanol–water partition coefficient (Wildman–Crippen LogP) is 0.181. The average Bonchev–Trinajstić information content (AvgIpc) is 2.58. The summed E-state index contributed by atoms with van der Waals surface area (Å²) in [6.07, 6.45) is 1.55. The SMILES string of the molecule is CCCC(CC(=O)O)NC(=O)C1CCS(=O)(=O)C1. The van der Waals surface area contributed by atoms with Gasteiger partial charge in [-0.2, -0.15) is 0 Å². The highest BCUT2D eigenvalue weighted by molar-refractivity contribution is 7.91. The lowest BCUT2D eigenvalue weighted by atomic mass is 10.0. The molecular formula is C11H19NO5S. The molecule has 0 bridgehead atoms. The molecule has 18 heavy (non-hydrogen) atoms. The summed E-state index contributed by atoms with van der Waals surface area (Å²) in [7, 11) is -3.09. The molecule has 1 aliphatic rings. The van der Waals surface area contributed by atoms with E-state index in [1.165, 1.54) is 0 Å². The second kappa shape index (κ2) is 6.17. The van der Waals surface area contributed by atoms with Gasteiger partial charge in [0.2, 0.25) is 5.91 Å². The maximum absolute atomic E-state index is 11.8. The number of rotatable bonds is 6. The molecule has 2 unspecified atom stereocenters. The number of carbonyl (C=O) groups is 2. The standard InChI is InChI=1S/C11H19NO5S/c1-2-3-9(6-10(13)14)12-11(15)8-4-5-18(16,17)7-8/h8-9H,2-7H2,1H3,(H,12,15)(H,13,14). The maximum Gasteiger partial charge on any atom is 0.305 e. The highest BCUT2D eigenvalue weighted by Gasteiger charge is 2.33. The topological polar surface area (TPSA) is 101 Å². The van der Waals surface area contributed by atoms with Crippen molar-refractivity contribution in [2.75, 3.05) is 11.5 Å². The summed E-state index contributed by atoms with van der Waals surface area (Å²) in [5.41, 5.74) is 0. The molecule has 1 saturated heterocycles. The van der Waals surface area contributed by atoms with Gasteiger partial charge >= 0.3 is 5.97 Å². The molecule has 0 radical (unpaired) electrons. The third-order valence-electron chi connectivity index (χ3n) is 3.01. The van der Waals surface area contributed by atoms with Crippen LogP contribution in [0.1, 0.15) is 32.6 Å². The number of carbonyl (C=O) groups excluding carboxylic acids is 1. The molecule has 0 saturated carbocycles. The van der Waals surface area contributed by atoms with Crippen molar-refractivity contribution in [3.63, 3.8) is 0 Å². The van der Waals surface area contributed by atoms with Gasteiger partial charge in [-0.1, -0.05) is 13.3 Å². The number of hydrogen-bond donors (Lipinski definition) is 2. The van der Waals surface area contributed by atoms with Gasteiger partial charge < -0.3 is 10.4 Å². The van der Waals surface area contributed by atoms with Gasteiger partial charge in [-0.15, -0.1) is 0 Å². The van der Waals surface area contributed by atoms with E-state index in [1.807, 2.05) is 6.92 Å². The van der Waals surface area contributed by atoms with E-state index in [0.717, 1.165) is 6.42 Å². The Balaban J connectivity index is 2.53. The number of sulfone groups is 1. The molecular weight excluding hydrogens is 258 g/mol. The van der Waals surface area contributed by atoms with Crippen molar-refractivity contribution in [3.05, 3.63) is 0 Å². The van der Waals surface area contributed by atoms with Crippen molar-refractivity contribution in [1.29, 1.82) is 0 Å². The Morgan fingerprint density at radius 1 is 1.44 bits per heavy atom. The van der Waals surface area contributed by atoms with Crippen LogP contribution >= 0.6 is 0 Å². The van der Waals surface area contributed by atoms with E-state index in [4.69, 9.17) is 5.11 Å². The van der Waals surface area contributed by atoms with Crippen molar-refractivity contribution >= 4 is 21.7 Å². The van der Waals surface area contributed by atoms with Gasteiger partial charge in [-0.3, -0.25) is 9.59 Å². The smallest absolute Gasteiger partial charge is 0.305 e. The van der Waals surface area contributed by atoms with E-state index in [9.17, 15) is 18.0 Å². The molecule has 1 amide bonds. The van der Waals surface area contributed by atoms with Crippen LogP contribution in [0.4, 0.5) is 0 Å². The molecule has 0 aliphatic carbocycles. The quantitative estimate of drug-likeness (QED) is 0.721. The van der Waals surface area contributed by atoms with E-state index >= 15 is 0 Å². The molecule has 1 rings (SSSR count). The maximum atomic E-state index is 11.8. The van der Waals surface area contributed by atoms with Gasteiger partial charge in [-0.25, -0.2) is 8.42 Å². The van der Waals surface area contributed by atoms with Crippen molar-refractivity contribution in [1.82, 2.24) is 5.32 Å². The highest BCUT2D eigenvalue weighted by Crippen LogP contribution is 2.19. The molecule has 0 aromatic carbocycles. The van der Waals surface area contributed by atoms with Crippen molar-refractivity contribution in [2.45, 2.75) is 38.6 Å². The molecule has 2 N–H and O–H groups in total. The lowest BCUT2D eigenvalue weighted by Gasteiger charge is -2.18. The first-order chi connectivity index (χ1) is 8.34. The first-order valence-corrected chi connectivity index (χ1v) is 7.88. The fraction of sp³-hybridized carbons (Fsp3) is 0.818. The summed E-state index contributed by atoms with van der Waals surface area (Å²) in [6, 6.07) is -0.414. The van der Waals surface area contributed by atoms with Gasteiger partial charge in [0.25, 0.3) is 0 Å². The summed E-state index contributed by atoms with van der Waals surface area (Å²) in [4.78, 5) is 22.5. The molecule has 7 heteroatoms. The van der Waals surface area contributed by atoms with Crippen molar-refractivity contribution < 1.29 is 23.1 Å². The van der Waals surface area contributed by atoms with Crippen LogP contribution in [0.25, 0.3) is 0 Å². The van der Waals surface area contributed by atoms with Crippen LogP contribution in [0.2, 0.25) is 0 Å². The molecule has 0 spiro atoms. The van der Waals surface area contributed by atoms with E-state index in [-0.39, 0.29) is 23.8 Å². The van der Waals surface area contributed by atoms with Gasteiger partial charge in [0.15, 0.2) is 9.84 Å².